The van der Waals surface area contributed by atoms with Crippen molar-refractivity contribution in [1.82, 2.24) is 20.7 Å². The third-order valence-corrected chi connectivity index (χ3v) is 3.46. The number of H-pyrrole nitrogens is 1. The van der Waals surface area contributed by atoms with Crippen molar-refractivity contribution in [3.63, 3.8) is 0 Å². The number of ether oxygens (including phenoxy) is 1. The Morgan fingerprint density at radius 1 is 1.53 bits per heavy atom. The minimum atomic E-state index is -0.244. The van der Waals surface area contributed by atoms with Crippen LogP contribution in [0.15, 0.2) is 28.9 Å². The van der Waals surface area contributed by atoms with Crippen LogP contribution in [-0.2, 0) is 0 Å². The number of aromatic amines is 1. The second kappa shape index (κ2) is 5.00. The Morgan fingerprint density at radius 3 is 3.21 bits per heavy atom. The van der Waals surface area contributed by atoms with E-state index in [4.69, 9.17) is 4.74 Å². The molecule has 1 aliphatic heterocycles. The Bertz CT molecular complexity index is 600. The van der Waals surface area contributed by atoms with Crippen LogP contribution >= 0.6 is 15.9 Å². The molecule has 2 aromatic rings. The van der Waals surface area contributed by atoms with Gasteiger partial charge in [-0.15, -0.1) is 0 Å². The van der Waals surface area contributed by atoms with Gasteiger partial charge in [0.2, 0.25) is 0 Å². The van der Waals surface area contributed by atoms with Gasteiger partial charge in [-0.2, -0.15) is 15.4 Å². The smallest absolute Gasteiger partial charge is 0.273 e. The molecule has 19 heavy (non-hydrogen) atoms. The highest BCUT2D eigenvalue weighted by atomic mass is 79.9. The predicted molar refractivity (Wildman–Crippen MR) is 70.8 cm³/mol. The van der Waals surface area contributed by atoms with E-state index in [9.17, 15) is 4.79 Å². The highest BCUT2D eigenvalue weighted by Gasteiger charge is 2.24. The molecule has 2 N–H and O–H groups in total. The van der Waals surface area contributed by atoms with E-state index in [1.165, 1.54) is 6.20 Å². The Hall–Kier alpha value is -1.89. The van der Waals surface area contributed by atoms with Crippen LogP contribution < -0.4 is 10.1 Å². The van der Waals surface area contributed by atoms with Crippen LogP contribution in [0.2, 0.25) is 0 Å². The van der Waals surface area contributed by atoms with Crippen LogP contribution in [0.25, 0.3) is 0 Å². The number of amides is 1. The van der Waals surface area contributed by atoms with E-state index in [-0.39, 0.29) is 17.6 Å². The molecule has 7 heteroatoms. The van der Waals surface area contributed by atoms with Crippen molar-refractivity contribution in [2.75, 3.05) is 6.61 Å². The van der Waals surface area contributed by atoms with Gasteiger partial charge in [0, 0.05) is 16.5 Å². The standard InChI is InChI=1S/C12H11BrN4O2/c13-7-1-2-11-8(5-7)9(3-4-19-11)15-12(18)10-6-14-17-16-10/h1-2,5-6,9H,3-4H2,(H,15,18)(H,14,16,17)/t9-/m0/s1. The molecule has 2 heterocycles. The van der Waals surface area contributed by atoms with Gasteiger partial charge in [0.1, 0.15) is 5.75 Å². The van der Waals surface area contributed by atoms with Gasteiger partial charge in [-0.05, 0) is 18.2 Å². The van der Waals surface area contributed by atoms with Gasteiger partial charge in [0.15, 0.2) is 5.69 Å². The molecule has 0 aliphatic carbocycles. The fourth-order valence-corrected chi connectivity index (χ4v) is 2.44. The first-order chi connectivity index (χ1) is 9.24. The maximum atomic E-state index is 12.0. The van der Waals surface area contributed by atoms with Crippen LogP contribution in [0.3, 0.4) is 0 Å². The monoisotopic (exact) mass is 322 g/mol. The molecule has 0 bridgehead atoms. The lowest BCUT2D eigenvalue weighted by atomic mass is 10.0. The number of nitrogens with one attached hydrogen (secondary N) is 2. The molecule has 0 unspecified atom stereocenters. The van der Waals surface area contributed by atoms with Gasteiger partial charge in [-0.3, -0.25) is 4.79 Å². The summed E-state index contributed by atoms with van der Waals surface area (Å²) < 4.78 is 6.53. The number of hydrogen-bond acceptors (Lipinski definition) is 4. The average molecular weight is 323 g/mol. The second-order valence-corrected chi connectivity index (χ2v) is 5.12. The number of aromatic nitrogens is 3. The van der Waals surface area contributed by atoms with Crippen molar-refractivity contribution in [2.45, 2.75) is 12.5 Å². The minimum Gasteiger partial charge on any atom is -0.493 e. The summed E-state index contributed by atoms with van der Waals surface area (Å²) in [6, 6.07) is 5.70. The summed E-state index contributed by atoms with van der Waals surface area (Å²) >= 11 is 3.43. The number of rotatable bonds is 2. The molecule has 98 valence electrons. The van der Waals surface area contributed by atoms with Crippen LogP contribution in [0.4, 0.5) is 0 Å². The van der Waals surface area contributed by atoms with Crippen molar-refractivity contribution in [3.8, 4) is 5.75 Å². The van der Waals surface area contributed by atoms with Crippen molar-refractivity contribution in [2.24, 2.45) is 0 Å². The third kappa shape index (κ3) is 2.46. The summed E-state index contributed by atoms with van der Waals surface area (Å²) in [7, 11) is 0. The minimum absolute atomic E-state index is 0.0783. The van der Waals surface area contributed by atoms with E-state index in [0.717, 1.165) is 22.2 Å². The number of benzene rings is 1. The molecule has 1 atom stereocenters. The van der Waals surface area contributed by atoms with E-state index in [1.807, 2.05) is 18.2 Å². The van der Waals surface area contributed by atoms with Crippen molar-refractivity contribution in [3.05, 3.63) is 40.1 Å². The molecule has 0 radical (unpaired) electrons. The fraction of sp³-hybridized carbons (Fsp3) is 0.250. The van der Waals surface area contributed by atoms with Gasteiger partial charge in [-0.25, -0.2) is 0 Å². The van der Waals surface area contributed by atoms with Gasteiger partial charge in [-0.1, -0.05) is 15.9 Å². The number of fused-ring (bicyclic) bond motifs is 1. The van der Waals surface area contributed by atoms with E-state index in [2.05, 4.69) is 36.7 Å². The molecule has 0 spiro atoms. The summed E-state index contributed by atoms with van der Waals surface area (Å²) in [6.07, 6.45) is 2.13. The molecule has 0 fully saturated rings. The van der Waals surface area contributed by atoms with Crippen LogP contribution in [-0.4, -0.2) is 27.9 Å². The first kappa shape index (κ1) is 12.2. The normalized spacial score (nSPS) is 17.4. The lowest BCUT2D eigenvalue weighted by molar-refractivity contribution is 0.0919. The van der Waals surface area contributed by atoms with Gasteiger partial charge in [0.25, 0.3) is 5.91 Å². The number of nitrogens with zero attached hydrogens (tertiary/aromatic N) is 2. The summed E-state index contributed by atoms with van der Waals surface area (Å²) in [4.78, 5) is 12.0. The third-order valence-electron chi connectivity index (χ3n) is 2.96. The number of carbonyl (C=O) groups is 1. The summed E-state index contributed by atoms with van der Waals surface area (Å²) in [5.41, 5.74) is 1.25. The molecule has 1 amide bonds. The SMILES string of the molecule is O=C(N[C@H]1CCOc2ccc(Br)cc21)c1cn[nH]n1. The van der Waals surface area contributed by atoms with E-state index in [0.29, 0.717) is 6.61 Å². The highest BCUT2D eigenvalue weighted by Crippen LogP contribution is 2.34. The van der Waals surface area contributed by atoms with Gasteiger partial charge >= 0.3 is 0 Å². The maximum absolute atomic E-state index is 12.0. The largest absolute Gasteiger partial charge is 0.493 e. The lowest BCUT2D eigenvalue weighted by Crippen LogP contribution is -2.32. The molecule has 1 aromatic carbocycles. The Balaban J connectivity index is 1.84. The zero-order chi connectivity index (χ0) is 13.2. The van der Waals surface area contributed by atoms with Crippen LogP contribution in [0.5, 0.6) is 5.75 Å². The second-order valence-electron chi connectivity index (χ2n) is 4.20. The number of halogens is 1. The lowest BCUT2D eigenvalue weighted by Gasteiger charge is -2.26. The van der Waals surface area contributed by atoms with E-state index < -0.39 is 0 Å². The molecule has 0 saturated carbocycles. The summed E-state index contributed by atoms with van der Waals surface area (Å²) in [5, 5.41) is 12.8. The zero-order valence-corrected chi connectivity index (χ0v) is 11.5. The fourth-order valence-electron chi connectivity index (χ4n) is 2.06. The molecule has 1 aliphatic rings. The van der Waals surface area contributed by atoms with Gasteiger partial charge in [0.05, 0.1) is 18.8 Å². The molecule has 0 saturated heterocycles. The molecular weight excluding hydrogens is 312 g/mol. The van der Waals surface area contributed by atoms with Gasteiger partial charge < -0.3 is 10.1 Å². The Kier molecular flexibility index (Phi) is 3.20. The number of carbonyl (C=O) groups excluding carboxylic acids is 1. The van der Waals surface area contributed by atoms with Crippen molar-refractivity contribution >= 4 is 21.8 Å². The Morgan fingerprint density at radius 2 is 2.42 bits per heavy atom. The first-order valence-electron chi connectivity index (χ1n) is 5.83. The highest BCUT2D eigenvalue weighted by molar-refractivity contribution is 9.10. The summed E-state index contributed by atoms with van der Waals surface area (Å²) in [6.45, 7) is 0.582. The van der Waals surface area contributed by atoms with E-state index >= 15 is 0 Å². The average Bonchev–Trinajstić information content (AvgIpc) is 2.93. The zero-order valence-electron chi connectivity index (χ0n) is 9.89. The van der Waals surface area contributed by atoms with Crippen molar-refractivity contribution in [1.29, 1.82) is 0 Å². The van der Waals surface area contributed by atoms with Crippen LogP contribution in [0.1, 0.15) is 28.5 Å². The molecule has 1 aromatic heterocycles. The molecule has 6 nitrogen and oxygen atoms in total. The Labute approximate surface area is 117 Å². The van der Waals surface area contributed by atoms with E-state index in [1.54, 1.807) is 0 Å². The maximum Gasteiger partial charge on any atom is 0.273 e. The topological polar surface area (TPSA) is 79.9 Å². The first-order valence-corrected chi connectivity index (χ1v) is 6.62. The quantitative estimate of drug-likeness (QED) is 0.883. The molecular formula is C12H11BrN4O2. The molecule has 3 rings (SSSR count). The van der Waals surface area contributed by atoms with Crippen LogP contribution in [0, 0.1) is 0 Å². The van der Waals surface area contributed by atoms with Crippen molar-refractivity contribution < 1.29 is 9.53 Å². The number of hydrogen-bond donors (Lipinski definition) is 2. The summed E-state index contributed by atoms with van der Waals surface area (Å²) in [5.74, 6) is 0.562. The predicted octanol–water partition coefficient (Wildman–Crippen LogP) is 1.82.